The van der Waals surface area contributed by atoms with Gasteiger partial charge in [0.05, 0.1) is 4.90 Å². The third-order valence-electron chi connectivity index (χ3n) is 3.39. The molecule has 1 aromatic rings. The summed E-state index contributed by atoms with van der Waals surface area (Å²) in [5.41, 5.74) is 7.32. The van der Waals surface area contributed by atoms with Crippen molar-refractivity contribution < 1.29 is 8.42 Å². The van der Waals surface area contributed by atoms with Crippen LogP contribution in [0.1, 0.15) is 24.5 Å². The zero-order valence-corrected chi connectivity index (χ0v) is 12.0. The maximum Gasteiger partial charge on any atom is 0.243 e. The van der Waals surface area contributed by atoms with Crippen molar-refractivity contribution in [1.29, 1.82) is 0 Å². The van der Waals surface area contributed by atoms with E-state index in [4.69, 9.17) is 5.73 Å². The lowest BCUT2D eigenvalue weighted by Crippen LogP contribution is -2.34. The van der Waals surface area contributed by atoms with E-state index in [1.165, 1.54) is 4.31 Å². The summed E-state index contributed by atoms with van der Waals surface area (Å²) >= 11 is 0. The lowest BCUT2D eigenvalue weighted by Gasteiger charge is -2.24. The van der Waals surface area contributed by atoms with Gasteiger partial charge in [-0.3, -0.25) is 0 Å². The summed E-state index contributed by atoms with van der Waals surface area (Å²) in [4.78, 5) is 0.410. The van der Waals surface area contributed by atoms with Crippen molar-refractivity contribution in [1.82, 2.24) is 4.31 Å². The van der Waals surface area contributed by atoms with Gasteiger partial charge >= 0.3 is 0 Å². The molecular weight excluding hydrogens is 260 g/mol. The first-order valence-electron chi connectivity index (χ1n) is 6.56. The zero-order valence-electron chi connectivity index (χ0n) is 11.2. The average molecular weight is 280 g/mol. The fourth-order valence-corrected chi connectivity index (χ4v) is 3.99. The van der Waals surface area contributed by atoms with Gasteiger partial charge in [0.1, 0.15) is 0 Å². The number of nitrogens with zero attached hydrogens (tertiary/aromatic N) is 1. The van der Waals surface area contributed by atoms with Gasteiger partial charge < -0.3 is 5.73 Å². The van der Waals surface area contributed by atoms with Crippen LogP contribution in [0.3, 0.4) is 0 Å². The molecule has 5 heteroatoms. The van der Waals surface area contributed by atoms with E-state index in [0.29, 0.717) is 31.0 Å². The molecular formula is C14H20N2O2S. The Hall–Kier alpha value is -1.17. The van der Waals surface area contributed by atoms with Crippen LogP contribution in [-0.2, 0) is 23.0 Å². The van der Waals surface area contributed by atoms with E-state index < -0.39 is 10.0 Å². The minimum atomic E-state index is -3.41. The highest BCUT2D eigenvalue weighted by Gasteiger charge is 2.26. The minimum absolute atomic E-state index is 0.354. The van der Waals surface area contributed by atoms with Crippen LogP contribution in [0.25, 0.3) is 0 Å². The first-order valence-corrected chi connectivity index (χ1v) is 8.00. The maximum absolute atomic E-state index is 12.7. The summed E-state index contributed by atoms with van der Waals surface area (Å²) in [5, 5.41) is 0. The zero-order chi connectivity index (χ0) is 13.9. The number of sulfonamides is 1. The van der Waals surface area contributed by atoms with E-state index in [-0.39, 0.29) is 0 Å². The molecule has 0 amide bonds. The molecule has 0 atom stereocenters. The molecule has 2 N–H and O–H groups in total. The van der Waals surface area contributed by atoms with Crippen LogP contribution in [0.4, 0.5) is 0 Å². The predicted octanol–water partition coefficient (Wildman–Crippen LogP) is 1.66. The molecule has 104 valence electrons. The molecule has 0 saturated carbocycles. The molecule has 0 spiro atoms. The van der Waals surface area contributed by atoms with E-state index >= 15 is 0 Å². The third-order valence-corrected chi connectivity index (χ3v) is 5.33. The molecule has 0 unspecified atom stereocenters. The number of benzene rings is 1. The highest BCUT2D eigenvalue weighted by molar-refractivity contribution is 7.89. The third kappa shape index (κ3) is 2.88. The van der Waals surface area contributed by atoms with Crippen LogP contribution in [0.2, 0.25) is 0 Å². The van der Waals surface area contributed by atoms with E-state index in [9.17, 15) is 8.42 Å². The molecule has 1 aromatic carbocycles. The van der Waals surface area contributed by atoms with Crippen LogP contribution >= 0.6 is 0 Å². The van der Waals surface area contributed by atoms with Crippen molar-refractivity contribution in [2.45, 2.75) is 31.2 Å². The highest BCUT2D eigenvalue weighted by atomic mass is 32.2. The molecule has 0 radical (unpaired) electrons. The standard InChI is InChI=1S/C14H20N2O2S/c1-2-13-7-6-12(11-15)10-14(13)19(17,18)16-8-4-3-5-9-16/h3-4,6-7,10H,2,5,8-9,11,15H2,1H3. The Morgan fingerprint density at radius 2 is 2.11 bits per heavy atom. The summed E-state index contributed by atoms with van der Waals surface area (Å²) < 4.78 is 26.9. The molecule has 0 fully saturated rings. The van der Waals surface area contributed by atoms with Gasteiger partial charge in [-0.2, -0.15) is 4.31 Å². The van der Waals surface area contributed by atoms with Gasteiger partial charge in [0.25, 0.3) is 0 Å². The van der Waals surface area contributed by atoms with E-state index in [1.54, 1.807) is 6.07 Å². The van der Waals surface area contributed by atoms with Crippen molar-refractivity contribution in [2.75, 3.05) is 13.1 Å². The number of aryl methyl sites for hydroxylation is 1. The molecule has 1 aliphatic rings. The van der Waals surface area contributed by atoms with E-state index in [1.807, 2.05) is 31.2 Å². The normalized spacial score (nSPS) is 16.7. The Balaban J connectivity index is 2.46. The van der Waals surface area contributed by atoms with Crippen molar-refractivity contribution >= 4 is 10.0 Å². The molecule has 1 aliphatic heterocycles. The summed E-state index contributed by atoms with van der Waals surface area (Å²) in [6.07, 6.45) is 5.39. The van der Waals surface area contributed by atoms with Gasteiger partial charge in [-0.05, 0) is 30.0 Å². The molecule has 4 nitrogen and oxygen atoms in total. The van der Waals surface area contributed by atoms with Gasteiger partial charge in [0, 0.05) is 19.6 Å². The fourth-order valence-electron chi connectivity index (χ4n) is 2.24. The molecule has 0 saturated heterocycles. The van der Waals surface area contributed by atoms with Gasteiger partial charge in [0.15, 0.2) is 0 Å². The second-order valence-corrected chi connectivity index (χ2v) is 6.53. The highest BCUT2D eigenvalue weighted by Crippen LogP contribution is 2.23. The second-order valence-electron chi connectivity index (χ2n) is 4.62. The predicted molar refractivity (Wildman–Crippen MR) is 76.2 cm³/mol. The van der Waals surface area contributed by atoms with E-state index in [0.717, 1.165) is 17.5 Å². The van der Waals surface area contributed by atoms with Gasteiger partial charge in [-0.15, -0.1) is 0 Å². The maximum atomic E-state index is 12.7. The van der Waals surface area contributed by atoms with Crippen molar-refractivity contribution in [3.8, 4) is 0 Å². The van der Waals surface area contributed by atoms with Crippen molar-refractivity contribution in [2.24, 2.45) is 5.73 Å². The van der Waals surface area contributed by atoms with Crippen molar-refractivity contribution in [3.05, 3.63) is 41.5 Å². The van der Waals surface area contributed by atoms with Gasteiger partial charge in [0.2, 0.25) is 10.0 Å². The number of hydrogen-bond acceptors (Lipinski definition) is 3. The minimum Gasteiger partial charge on any atom is -0.326 e. The Morgan fingerprint density at radius 3 is 2.68 bits per heavy atom. The smallest absolute Gasteiger partial charge is 0.243 e. The monoisotopic (exact) mass is 280 g/mol. The topological polar surface area (TPSA) is 63.4 Å². The van der Waals surface area contributed by atoms with Crippen LogP contribution < -0.4 is 5.73 Å². The van der Waals surface area contributed by atoms with Crippen molar-refractivity contribution in [3.63, 3.8) is 0 Å². The Morgan fingerprint density at radius 1 is 1.32 bits per heavy atom. The fraction of sp³-hybridized carbons (Fsp3) is 0.429. The van der Waals surface area contributed by atoms with Crippen LogP contribution in [0.15, 0.2) is 35.2 Å². The first-order chi connectivity index (χ1) is 9.09. The first kappa shape index (κ1) is 14.2. The summed E-state index contributed by atoms with van der Waals surface area (Å²) in [6, 6.07) is 5.48. The molecule has 2 rings (SSSR count). The number of hydrogen-bond donors (Lipinski definition) is 1. The SMILES string of the molecule is CCc1ccc(CN)cc1S(=O)(=O)N1CC=CCC1. The van der Waals surface area contributed by atoms with E-state index in [2.05, 4.69) is 0 Å². The molecule has 0 bridgehead atoms. The quantitative estimate of drug-likeness (QED) is 0.853. The number of nitrogens with two attached hydrogens (primary N) is 1. The summed E-state index contributed by atoms with van der Waals surface area (Å²) in [6.45, 7) is 3.33. The molecule has 19 heavy (non-hydrogen) atoms. The molecule has 0 aliphatic carbocycles. The largest absolute Gasteiger partial charge is 0.326 e. The lowest BCUT2D eigenvalue weighted by atomic mass is 10.1. The Kier molecular flexibility index (Phi) is 4.39. The second kappa shape index (κ2) is 5.86. The Bertz CT molecular complexity index is 579. The summed E-state index contributed by atoms with van der Waals surface area (Å²) in [5.74, 6) is 0. The van der Waals surface area contributed by atoms with Crippen LogP contribution in [0.5, 0.6) is 0 Å². The molecule has 0 aromatic heterocycles. The van der Waals surface area contributed by atoms with Crippen LogP contribution in [-0.4, -0.2) is 25.8 Å². The lowest BCUT2D eigenvalue weighted by molar-refractivity contribution is 0.437. The Labute approximate surface area is 115 Å². The van der Waals surface area contributed by atoms with Gasteiger partial charge in [-0.1, -0.05) is 31.2 Å². The molecule has 1 heterocycles. The summed E-state index contributed by atoms with van der Waals surface area (Å²) in [7, 11) is -3.41. The average Bonchev–Trinajstić information content (AvgIpc) is 2.47. The van der Waals surface area contributed by atoms with Crippen LogP contribution in [0, 0.1) is 0 Å². The number of rotatable bonds is 4. The van der Waals surface area contributed by atoms with Gasteiger partial charge in [-0.25, -0.2) is 8.42 Å².